The van der Waals surface area contributed by atoms with E-state index in [1.54, 1.807) is 12.1 Å². The first kappa shape index (κ1) is 25.7. The molecule has 1 N–H and O–H groups in total. The summed E-state index contributed by atoms with van der Waals surface area (Å²) in [5, 5.41) is 0. The molecule has 3 heterocycles. The van der Waals surface area contributed by atoms with Crippen LogP contribution in [-0.4, -0.2) is 56.6 Å². The minimum absolute atomic E-state index is 0.0633. The highest BCUT2D eigenvalue weighted by molar-refractivity contribution is 7.89. The molecule has 0 spiro atoms. The second kappa shape index (κ2) is 11.6. The van der Waals surface area contributed by atoms with E-state index < -0.39 is 10.0 Å². The van der Waals surface area contributed by atoms with Crippen molar-refractivity contribution in [3.8, 4) is 5.88 Å². The molecule has 2 saturated heterocycles. The number of sulfonamides is 1. The number of pyridine rings is 1. The fourth-order valence-corrected chi connectivity index (χ4v) is 6.34. The minimum atomic E-state index is -3.62. The van der Waals surface area contributed by atoms with E-state index in [1.807, 2.05) is 6.07 Å². The third-order valence-electron chi connectivity index (χ3n) is 7.31. The molecular weight excluding hydrogens is 484 g/mol. The van der Waals surface area contributed by atoms with Crippen LogP contribution >= 0.6 is 0 Å². The van der Waals surface area contributed by atoms with Crippen LogP contribution in [0.3, 0.4) is 0 Å². The molecule has 2 fully saturated rings. The summed E-state index contributed by atoms with van der Waals surface area (Å²) in [6.45, 7) is 6.59. The molecule has 0 saturated carbocycles. The molecule has 0 radical (unpaired) electrons. The van der Waals surface area contributed by atoms with Gasteiger partial charge in [0.1, 0.15) is 11.0 Å². The molecule has 2 aliphatic rings. The van der Waals surface area contributed by atoms with Gasteiger partial charge < -0.3 is 9.64 Å². The smallest absolute Gasteiger partial charge is 0.242 e. The van der Waals surface area contributed by atoms with Gasteiger partial charge in [-0.15, -0.1) is 0 Å². The second-order valence-corrected chi connectivity index (χ2v) is 11.8. The number of likely N-dealkylation sites (tertiary alicyclic amines) is 1. The molecule has 37 heavy (non-hydrogen) atoms. The minimum Gasteiger partial charge on any atom is -0.474 e. The van der Waals surface area contributed by atoms with Gasteiger partial charge in [-0.05, 0) is 43.5 Å². The summed E-state index contributed by atoms with van der Waals surface area (Å²) < 4.78 is 34.9. The number of piperidine rings is 2. The second-order valence-electron chi connectivity index (χ2n) is 10.1. The van der Waals surface area contributed by atoms with Gasteiger partial charge in [0.2, 0.25) is 15.9 Å². The summed E-state index contributed by atoms with van der Waals surface area (Å²) in [6.07, 6.45) is 4.88. The summed E-state index contributed by atoms with van der Waals surface area (Å²) in [5.74, 6) is 0.474. The molecule has 5 rings (SSSR count). The van der Waals surface area contributed by atoms with Crippen molar-refractivity contribution >= 4 is 15.7 Å². The molecular formula is C29H36N4O3S. The Labute approximate surface area is 220 Å². The van der Waals surface area contributed by atoms with Crippen molar-refractivity contribution in [3.63, 3.8) is 0 Å². The Balaban J connectivity index is 1.08. The van der Waals surface area contributed by atoms with Crippen molar-refractivity contribution in [1.29, 1.82) is 0 Å². The van der Waals surface area contributed by atoms with Crippen LogP contribution in [0.4, 0.5) is 5.69 Å². The SMILES string of the molecule is Cc1ccc(N2CCC(Oc3ccc(S(=O)(=O)NC4CCN(Cc5ccccc5)CC4)cn3)CC2)cc1. The number of benzene rings is 2. The lowest BCUT2D eigenvalue weighted by atomic mass is 10.1. The first-order chi connectivity index (χ1) is 17.9. The highest BCUT2D eigenvalue weighted by Gasteiger charge is 2.26. The van der Waals surface area contributed by atoms with Gasteiger partial charge in [0, 0.05) is 63.4 Å². The number of hydrogen-bond donors (Lipinski definition) is 1. The van der Waals surface area contributed by atoms with E-state index in [9.17, 15) is 8.42 Å². The van der Waals surface area contributed by atoms with Gasteiger partial charge in [-0.2, -0.15) is 0 Å². The maximum Gasteiger partial charge on any atom is 0.242 e. The van der Waals surface area contributed by atoms with Crippen LogP contribution in [0.1, 0.15) is 36.8 Å². The van der Waals surface area contributed by atoms with Gasteiger partial charge in [0.15, 0.2) is 0 Å². The number of nitrogens with zero attached hydrogens (tertiary/aromatic N) is 3. The van der Waals surface area contributed by atoms with Crippen molar-refractivity contribution in [1.82, 2.24) is 14.6 Å². The summed E-state index contributed by atoms with van der Waals surface area (Å²) in [7, 11) is -3.62. The third kappa shape index (κ3) is 6.89. The quantitative estimate of drug-likeness (QED) is 0.475. The van der Waals surface area contributed by atoms with Crippen molar-refractivity contribution in [2.24, 2.45) is 0 Å². The van der Waals surface area contributed by atoms with E-state index in [-0.39, 0.29) is 17.0 Å². The van der Waals surface area contributed by atoms with Gasteiger partial charge in [0.25, 0.3) is 0 Å². The maximum absolute atomic E-state index is 13.0. The molecule has 8 heteroatoms. The lowest BCUT2D eigenvalue weighted by Crippen LogP contribution is -2.44. The first-order valence-corrected chi connectivity index (χ1v) is 14.7. The number of rotatable bonds is 8. The number of nitrogens with one attached hydrogen (secondary N) is 1. The molecule has 0 amide bonds. The van der Waals surface area contributed by atoms with Crippen LogP contribution in [0.5, 0.6) is 5.88 Å². The lowest BCUT2D eigenvalue weighted by molar-refractivity contribution is 0.164. The van der Waals surface area contributed by atoms with Crippen LogP contribution in [0.2, 0.25) is 0 Å². The summed E-state index contributed by atoms with van der Waals surface area (Å²) in [6, 6.07) is 22.2. The van der Waals surface area contributed by atoms with Crippen LogP contribution in [0.15, 0.2) is 77.8 Å². The van der Waals surface area contributed by atoms with E-state index in [0.29, 0.717) is 5.88 Å². The predicted molar refractivity (Wildman–Crippen MR) is 146 cm³/mol. The summed E-state index contributed by atoms with van der Waals surface area (Å²) in [4.78, 5) is 9.25. The zero-order valence-corrected chi connectivity index (χ0v) is 22.2. The van der Waals surface area contributed by atoms with Crippen LogP contribution in [0.25, 0.3) is 0 Å². The molecule has 2 aromatic carbocycles. The number of ether oxygens (including phenoxy) is 1. The third-order valence-corrected chi connectivity index (χ3v) is 8.81. The number of hydrogen-bond acceptors (Lipinski definition) is 6. The van der Waals surface area contributed by atoms with Crippen molar-refractivity contribution in [2.75, 3.05) is 31.1 Å². The van der Waals surface area contributed by atoms with Gasteiger partial charge in [-0.1, -0.05) is 48.0 Å². The average Bonchev–Trinajstić information content (AvgIpc) is 2.92. The van der Waals surface area contributed by atoms with Crippen molar-refractivity contribution in [3.05, 3.63) is 84.1 Å². The fourth-order valence-electron chi connectivity index (χ4n) is 5.09. The van der Waals surface area contributed by atoms with Gasteiger partial charge >= 0.3 is 0 Å². The van der Waals surface area contributed by atoms with Crippen molar-refractivity contribution in [2.45, 2.75) is 56.2 Å². The highest BCUT2D eigenvalue weighted by Crippen LogP contribution is 2.24. The van der Waals surface area contributed by atoms with E-state index in [2.05, 4.69) is 75.0 Å². The monoisotopic (exact) mass is 520 g/mol. The van der Waals surface area contributed by atoms with Gasteiger partial charge in [-0.3, -0.25) is 4.90 Å². The van der Waals surface area contributed by atoms with Gasteiger partial charge in [0.05, 0.1) is 6.20 Å². The zero-order chi connectivity index (χ0) is 25.7. The van der Waals surface area contributed by atoms with E-state index in [4.69, 9.17) is 4.74 Å². The zero-order valence-electron chi connectivity index (χ0n) is 21.4. The van der Waals surface area contributed by atoms with Gasteiger partial charge in [-0.25, -0.2) is 18.1 Å². The molecule has 0 aliphatic carbocycles. The lowest BCUT2D eigenvalue weighted by Gasteiger charge is -2.33. The van der Waals surface area contributed by atoms with Crippen LogP contribution in [-0.2, 0) is 16.6 Å². The number of anilines is 1. The van der Waals surface area contributed by atoms with Crippen molar-refractivity contribution < 1.29 is 13.2 Å². The van der Waals surface area contributed by atoms with E-state index >= 15 is 0 Å². The molecule has 196 valence electrons. The number of aromatic nitrogens is 1. The van der Waals surface area contributed by atoms with E-state index in [1.165, 1.54) is 23.0 Å². The molecule has 0 atom stereocenters. The normalized spacial score (nSPS) is 18.1. The number of aryl methyl sites for hydroxylation is 1. The maximum atomic E-state index is 13.0. The fraction of sp³-hybridized carbons (Fsp3) is 0.414. The topological polar surface area (TPSA) is 74.8 Å². The standard InChI is InChI=1S/C29H36N4O3S/c1-23-7-9-26(10-8-23)33-19-15-27(16-20-33)36-29-12-11-28(21-30-29)37(34,35)31-25-13-17-32(18-14-25)22-24-5-3-2-4-6-24/h2-12,21,25,27,31H,13-20,22H2,1H3. The summed E-state index contributed by atoms with van der Waals surface area (Å²) >= 11 is 0. The summed E-state index contributed by atoms with van der Waals surface area (Å²) in [5.41, 5.74) is 3.79. The molecule has 0 unspecified atom stereocenters. The van der Waals surface area contributed by atoms with Crippen LogP contribution < -0.4 is 14.4 Å². The molecule has 7 nitrogen and oxygen atoms in total. The Kier molecular flexibility index (Phi) is 8.08. The molecule has 2 aliphatic heterocycles. The molecule has 0 bridgehead atoms. The molecule has 1 aromatic heterocycles. The highest BCUT2D eigenvalue weighted by atomic mass is 32.2. The predicted octanol–water partition coefficient (Wildman–Crippen LogP) is 4.38. The Bertz CT molecular complexity index is 1230. The Hall–Kier alpha value is -2.94. The Morgan fingerprint density at radius 2 is 1.59 bits per heavy atom. The Morgan fingerprint density at radius 3 is 2.24 bits per heavy atom. The Morgan fingerprint density at radius 1 is 0.892 bits per heavy atom. The first-order valence-electron chi connectivity index (χ1n) is 13.2. The average molecular weight is 521 g/mol. The van der Waals surface area contributed by atoms with Crippen LogP contribution in [0, 0.1) is 6.92 Å². The van der Waals surface area contributed by atoms with E-state index in [0.717, 1.165) is 58.4 Å². The largest absolute Gasteiger partial charge is 0.474 e. The molecule has 3 aromatic rings.